The molecule has 0 aromatic heterocycles. The van der Waals surface area contributed by atoms with Crippen LogP contribution in [0.15, 0.2) is 60.7 Å². The lowest BCUT2D eigenvalue weighted by molar-refractivity contribution is 1.57. The highest BCUT2D eigenvalue weighted by Crippen LogP contribution is 2.39. The van der Waals surface area contributed by atoms with Gasteiger partial charge in [0.25, 0.3) is 0 Å². The molecule has 0 radical (unpaired) electrons. The van der Waals surface area contributed by atoms with Crippen molar-refractivity contribution >= 4 is 18.5 Å². The third-order valence-electron chi connectivity index (χ3n) is 2.81. The average molecular weight is 246 g/mol. The first-order valence-corrected chi connectivity index (χ1v) is 7.26. The van der Waals surface area contributed by atoms with Gasteiger partial charge in [0.2, 0.25) is 0 Å². The zero-order chi connectivity index (χ0) is 12.2. The molecule has 0 saturated carbocycles. The maximum atomic E-state index is 3.21. The number of hydrogen-bond donors (Lipinski definition) is 0. The zero-order valence-corrected chi connectivity index (χ0v) is 10.7. The molecule has 0 bridgehead atoms. The number of hydrogen-bond acceptors (Lipinski definition) is 0. The molecule has 0 spiro atoms. The van der Waals surface area contributed by atoms with E-state index in [1.807, 2.05) is 12.1 Å². The molecule has 0 unspecified atom stereocenters. The normalized spacial score (nSPS) is 12.7. The fourth-order valence-electron chi connectivity index (χ4n) is 2.00. The molecule has 3 rings (SSSR count). The van der Waals surface area contributed by atoms with Crippen LogP contribution in [0, 0.1) is 23.7 Å². The van der Waals surface area contributed by atoms with E-state index < -0.39 is 7.92 Å². The Bertz CT molecular complexity index is 591. The Hall–Kier alpha value is -2.01. The van der Waals surface area contributed by atoms with Gasteiger partial charge in [-0.3, -0.25) is 0 Å². The fourth-order valence-corrected chi connectivity index (χ4v) is 4.27. The SMILES string of the molecule is C1#CC(P(c2ccccc2)c2ccccc2)C#C1. The van der Waals surface area contributed by atoms with Crippen LogP contribution in [-0.2, 0) is 0 Å². The minimum atomic E-state index is -0.499. The van der Waals surface area contributed by atoms with E-state index in [4.69, 9.17) is 0 Å². The Morgan fingerprint density at radius 2 is 1.11 bits per heavy atom. The summed E-state index contributed by atoms with van der Waals surface area (Å²) >= 11 is 0. The van der Waals surface area contributed by atoms with Gasteiger partial charge in [0.1, 0.15) is 5.66 Å². The Labute approximate surface area is 109 Å². The summed E-state index contributed by atoms with van der Waals surface area (Å²) < 4.78 is 0. The molecule has 0 aliphatic heterocycles. The van der Waals surface area contributed by atoms with E-state index in [1.54, 1.807) is 0 Å². The molecule has 0 N–H and O–H groups in total. The van der Waals surface area contributed by atoms with E-state index in [-0.39, 0.29) is 5.66 Å². The number of benzene rings is 2. The van der Waals surface area contributed by atoms with Crippen molar-refractivity contribution in [2.24, 2.45) is 0 Å². The van der Waals surface area contributed by atoms with E-state index >= 15 is 0 Å². The summed E-state index contributed by atoms with van der Waals surface area (Å²) in [5.74, 6) is 12.2. The molecule has 84 valence electrons. The van der Waals surface area contributed by atoms with Crippen molar-refractivity contribution in [2.45, 2.75) is 5.66 Å². The summed E-state index contributed by atoms with van der Waals surface area (Å²) in [5.41, 5.74) is 0.171. The van der Waals surface area contributed by atoms with Gasteiger partial charge >= 0.3 is 0 Å². The summed E-state index contributed by atoms with van der Waals surface area (Å²) in [4.78, 5) is 0. The second-order valence-electron chi connectivity index (χ2n) is 3.98. The summed E-state index contributed by atoms with van der Waals surface area (Å²) in [5, 5.41) is 2.68. The maximum Gasteiger partial charge on any atom is 0.110 e. The molecule has 0 nitrogen and oxygen atoms in total. The molecule has 1 aliphatic carbocycles. The topological polar surface area (TPSA) is 0 Å². The minimum Gasteiger partial charge on any atom is -0.0671 e. The Balaban J connectivity index is 2.06. The monoisotopic (exact) mass is 246 g/mol. The highest BCUT2D eigenvalue weighted by molar-refractivity contribution is 7.74. The van der Waals surface area contributed by atoms with Crippen LogP contribution in [0.3, 0.4) is 0 Å². The molecule has 0 heterocycles. The molecule has 0 fully saturated rings. The van der Waals surface area contributed by atoms with Crippen molar-refractivity contribution in [3.05, 3.63) is 60.7 Å². The molecule has 2 aromatic carbocycles. The lowest BCUT2D eigenvalue weighted by Crippen LogP contribution is -2.19. The molecule has 1 aliphatic rings. The average Bonchev–Trinajstić information content (AvgIpc) is 2.95. The summed E-state index contributed by atoms with van der Waals surface area (Å²) in [6.45, 7) is 0. The third kappa shape index (κ3) is 2.17. The van der Waals surface area contributed by atoms with E-state index in [2.05, 4.69) is 72.2 Å². The molecular weight excluding hydrogens is 235 g/mol. The van der Waals surface area contributed by atoms with Gasteiger partial charge in [-0.2, -0.15) is 0 Å². The molecule has 2 aromatic rings. The minimum absolute atomic E-state index is 0.171. The maximum absolute atomic E-state index is 3.21. The van der Waals surface area contributed by atoms with Gasteiger partial charge in [-0.05, 0) is 30.4 Å². The zero-order valence-electron chi connectivity index (χ0n) is 9.80. The smallest absolute Gasteiger partial charge is 0.0671 e. The molecule has 0 amide bonds. The highest BCUT2D eigenvalue weighted by Gasteiger charge is 2.22. The molecule has 1 heteroatoms. The summed E-state index contributed by atoms with van der Waals surface area (Å²) in [7, 11) is -0.499. The largest absolute Gasteiger partial charge is 0.110 e. The quantitative estimate of drug-likeness (QED) is 0.576. The summed E-state index contributed by atoms with van der Waals surface area (Å²) in [6.07, 6.45) is 0. The van der Waals surface area contributed by atoms with Crippen molar-refractivity contribution in [3.63, 3.8) is 0 Å². The van der Waals surface area contributed by atoms with Crippen LogP contribution in [0.4, 0.5) is 0 Å². The van der Waals surface area contributed by atoms with E-state index in [9.17, 15) is 0 Å². The van der Waals surface area contributed by atoms with E-state index in [1.165, 1.54) is 10.6 Å². The van der Waals surface area contributed by atoms with Gasteiger partial charge in [-0.15, -0.1) is 0 Å². The highest BCUT2D eigenvalue weighted by atomic mass is 31.1. The first-order chi connectivity index (χ1) is 8.95. The Morgan fingerprint density at radius 3 is 1.56 bits per heavy atom. The second kappa shape index (κ2) is 5.10. The predicted octanol–water partition coefficient (Wildman–Crippen LogP) is 2.51. The third-order valence-corrected chi connectivity index (χ3v) is 5.29. The van der Waals surface area contributed by atoms with Crippen molar-refractivity contribution < 1.29 is 0 Å². The molecule has 18 heavy (non-hydrogen) atoms. The number of rotatable bonds is 3. The van der Waals surface area contributed by atoms with Crippen LogP contribution >= 0.6 is 7.92 Å². The van der Waals surface area contributed by atoms with Gasteiger partial charge in [-0.25, -0.2) is 0 Å². The van der Waals surface area contributed by atoms with E-state index in [0.29, 0.717) is 0 Å². The van der Waals surface area contributed by atoms with Crippen LogP contribution in [0.1, 0.15) is 0 Å². The van der Waals surface area contributed by atoms with Crippen molar-refractivity contribution in [2.75, 3.05) is 0 Å². The Morgan fingerprint density at radius 1 is 0.667 bits per heavy atom. The Kier molecular flexibility index (Phi) is 3.14. The first-order valence-electron chi connectivity index (χ1n) is 5.85. The van der Waals surface area contributed by atoms with E-state index in [0.717, 1.165) is 0 Å². The first kappa shape index (κ1) is 11.1. The van der Waals surface area contributed by atoms with Crippen LogP contribution in [-0.4, -0.2) is 5.66 Å². The lowest BCUT2D eigenvalue weighted by atomic mass is 10.4. The van der Waals surface area contributed by atoms with Gasteiger partial charge in [0.15, 0.2) is 0 Å². The van der Waals surface area contributed by atoms with Crippen molar-refractivity contribution in [3.8, 4) is 23.7 Å². The predicted molar refractivity (Wildman–Crippen MR) is 78.4 cm³/mol. The fraction of sp³-hybridized carbons (Fsp3) is 0.0588. The second-order valence-corrected chi connectivity index (χ2v) is 6.27. The van der Waals surface area contributed by atoms with Crippen LogP contribution in [0.25, 0.3) is 0 Å². The molecule has 0 atom stereocenters. The van der Waals surface area contributed by atoms with Gasteiger partial charge in [0.05, 0.1) is 0 Å². The van der Waals surface area contributed by atoms with Gasteiger partial charge in [-0.1, -0.05) is 72.5 Å². The lowest BCUT2D eigenvalue weighted by Gasteiger charge is -2.20. The van der Waals surface area contributed by atoms with Gasteiger partial charge < -0.3 is 0 Å². The summed E-state index contributed by atoms with van der Waals surface area (Å²) in [6, 6.07) is 21.2. The van der Waals surface area contributed by atoms with Crippen LogP contribution in [0.2, 0.25) is 0 Å². The van der Waals surface area contributed by atoms with Crippen molar-refractivity contribution in [1.29, 1.82) is 0 Å². The van der Waals surface area contributed by atoms with Crippen LogP contribution in [0.5, 0.6) is 0 Å². The van der Waals surface area contributed by atoms with Gasteiger partial charge in [0, 0.05) is 0 Å². The molecule has 0 saturated heterocycles. The standard InChI is InChI=1S/C17H11P/c1-3-9-15(10-4-1)18(17-13-7-8-14-17)16-11-5-2-6-12-16/h1-6,9-12,17H. The van der Waals surface area contributed by atoms with Crippen LogP contribution < -0.4 is 10.6 Å². The molecular formula is C17H11P. The van der Waals surface area contributed by atoms with Crippen molar-refractivity contribution in [1.82, 2.24) is 0 Å².